The van der Waals surface area contributed by atoms with Gasteiger partial charge in [0.15, 0.2) is 0 Å². The van der Waals surface area contributed by atoms with Crippen LogP contribution in [0.5, 0.6) is 0 Å². The molecule has 2 heterocycles. The highest BCUT2D eigenvalue weighted by molar-refractivity contribution is 6.30. The first kappa shape index (κ1) is 17.4. The van der Waals surface area contributed by atoms with Gasteiger partial charge in [0, 0.05) is 19.3 Å². The molecule has 0 aliphatic carbocycles. The average Bonchev–Trinajstić information content (AvgIpc) is 2.77. The molecule has 1 aliphatic rings. The molecule has 1 saturated heterocycles. The van der Waals surface area contributed by atoms with Crippen LogP contribution in [0.4, 0.5) is 0 Å². The highest BCUT2D eigenvalue weighted by Gasteiger charge is 2.26. The fraction of sp³-hybridized carbons (Fsp3) is 0.455. The van der Waals surface area contributed by atoms with Gasteiger partial charge >= 0.3 is 0 Å². The molecule has 1 atom stereocenters. The topological polar surface area (TPSA) is 59.2 Å². The lowest BCUT2D eigenvalue weighted by molar-refractivity contribution is 0.0782. The molecule has 2 N–H and O–H groups in total. The summed E-state index contributed by atoms with van der Waals surface area (Å²) in [6.07, 6.45) is 2.47. The summed E-state index contributed by atoms with van der Waals surface area (Å²) in [4.78, 5) is 17.8. The molecule has 2 rings (SSSR count). The van der Waals surface area contributed by atoms with E-state index in [9.17, 15) is 4.79 Å². The van der Waals surface area contributed by atoms with Gasteiger partial charge in [-0.15, -0.1) is 24.8 Å². The maximum atomic E-state index is 12.0. The summed E-state index contributed by atoms with van der Waals surface area (Å²) in [5.41, 5.74) is 6.03. The second kappa shape index (κ2) is 7.79. The number of hydrogen-bond acceptors (Lipinski definition) is 3. The van der Waals surface area contributed by atoms with Crippen molar-refractivity contribution in [2.45, 2.75) is 6.42 Å². The van der Waals surface area contributed by atoms with E-state index in [0.717, 1.165) is 19.5 Å². The lowest BCUT2D eigenvalue weighted by Gasteiger charge is -2.15. The van der Waals surface area contributed by atoms with Crippen molar-refractivity contribution in [2.75, 3.05) is 19.6 Å². The zero-order chi connectivity index (χ0) is 11.5. The van der Waals surface area contributed by atoms with Crippen molar-refractivity contribution in [3.05, 3.63) is 29.0 Å². The number of halogens is 3. The Kier molecular flexibility index (Phi) is 7.55. The molecule has 1 unspecified atom stereocenters. The SMILES string of the molecule is Cl.Cl.NCC1CCN(C(=O)c2ccc(Cl)cn2)C1. The van der Waals surface area contributed by atoms with E-state index >= 15 is 0 Å². The van der Waals surface area contributed by atoms with Gasteiger partial charge < -0.3 is 10.6 Å². The molecule has 1 aliphatic heterocycles. The highest BCUT2D eigenvalue weighted by Crippen LogP contribution is 2.17. The Bertz CT molecular complexity index is 386. The number of amides is 1. The van der Waals surface area contributed by atoms with Gasteiger partial charge in [-0.05, 0) is 31.0 Å². The first-order chi connectivity index (χ1) is 7.70. The Hall–Kier alpha value is -0.550. The van der Waals surface area contributed by atoms with Crippen LogP contribution in [0.2, 0.25) is 5.02 Å². The zero-order valence-electron chi connectivity index (χ0n) is 9.71. The highest BCUT2D eigenvalue weighted by atomic mass is 35.5. The van der Waals surface area contributed by atoms with Gasteiger partial charge in [0.1, 0.15) is 5.69 Å². The maximum Gasteiger partial charge on any atom is 0.272 e. The number of likely N-dealkylation sites (tertiary alicyclic amines) is 1. The van der Waals surface area contributed by atoms with E-state index in [1.54, 1.807) is 17.0 Å². The van der Waals surface area contributed by atoms with Crippen LogP contribution in [0, 0.1) is 5.92 Å². The minimum Gasteiger partial charge on any atom is -0.337 e. The molecule has 1 fully saturated rings. The number of nitrogens with zero attached hydrogens (tertiary/aromatic N) is 2. The van der Waals surface area contributed by atoms with E-state index < -0.39 is 0 Å². The predicted octanol–water partition coefficient (Wildman–Crippen LogP) is 2.00. The average molecular weight is 313 g/mol. The molecule has 0 radical (unpaired) electrons. The van der Waals surface area contributed by atoms with Crippen LogP contribution in [0.25, 0.3) is 0 Å². The molecule has 1 amide bonds. The van der Waals surface area contributed by atoms with E-state index in [1.165, 1.54) is 6.20 Å². The monoisotopic (exact) mass is 311 g/mol. The molecular formula is C11H16Cl3N3O. The van der Waals surface area contributed by atoms with Gasteiger partial charge in [0.2, 0.25) is 0 Å². The molecule has 1 aromatic heterocycles. The van der Waals surface area contributed by atoms with E-state index in [0.29, 0.717) is 23.2 Å². The minimum atomic E-state index is -0.0346. The van der Waals surface area contributed by atoms with Gasteiger partial charge in [0.05, 0.1) is 5.02 Å². The van der Waals surface area contributed by atoms with E-state index in [2.05, 4.69) is 4.98 Å². The quantitative estimate of drug-likeness (QED) is 0.908. The summed E-state index contributed by atoms with van der Waals surface area (Å²) in [7, 11) is 0. The Morgan fingerprint density at radius 3 is 2.72 bits per heavy atom. The van der Waals surface area contributed by atoms with Gasteiger partial charge in [-0.2, -0.15) is 0 Å². The van der Waals surface area contributed by atoms with Crippen LogP contribution in [0.1, 0.15) is 16.9 Å². The lowest BCUT2D eigenvalue weighted by Crippen LogP contribution is -2.30. The maximum absolute atomic E-state index is 12.0. The van der Waals surface area contributed by atoms with Crippen molar-refractivity contribution in [3.63, 3.8) is 0 Å². The Balaban J connectivity index is 0.00000144. The van der Waals surface area contributed by atoms with Crippen LogP contribution >= 0.6 is 36.4 Å². The van der Waals surface area contributed by atoms with Crippen molar-refractivity contribution >= 4 is 42.3 Å². The molecular weight excluding hydrogens is 297 g/mol. The number of pyridine rings is 1. The standard InChI is InChI=1S/C11H14ClN3O.2ClH/c12-9-1-2-10(14-6-9)11(16)15-4-3-8(5-13)7-15;;/h1-2,6,8H,3-5,7,13H2;2*1H. The third kappa shape index (κ3) is 3.99. The number of carbonyl (C=O) groups excluding carboxylic acids is 1. The van der Waals surface area contributed by atoms with Crippen LogP contribution in [0.15, 0.2) is 18.3 Å². The molecule has 0 bridgehead atoms. The molecule has 102 valence electrons. The first-order valence-electron chi connectivity index (χ1n) is 5.31. The Morgan fingerprint density at radius 2 is 2.22 bits per heavy atom. The zero-order valence-corrected chi connectivity index (χ0v) is 12.1. The smallest absolute Gasteiger partial charge is 0.272 e. The molecule has 0 aromatic carbocycles. The third-order valence-electron chi connectivity index (χ3n) is 2.85. The van der Waals surface area contributed by atoms with Crippen molar-refractivity contribution in [2.24, 2.45) is 11.7 Å². The number of aromatic nitrogens is 1. The van der Waals surface area contributed by atoms with Gasteiger partial charge in [-0.3, -0.25) is 4.79 Å². The van der Waals surface area contributed by atoms with Gasteiger partial charge in [-0.25, -0.2) is 4.98 Å². The molecule has 0 spiro atoms. The van der Waals surface area contributed by atoms with Crippen LogP contribution < -0.4 is 5.73 Å². The minimum absolute atomic E-state index is 0. The summed E-state index contributed by atoms with van der Waals surface area (Å²) in [5.74, 6) is 0.392. The second-order valence-electron chi connectivity index (χ2n) is 4.00. The van der Waals surface area contributed by atoms with Crippen molar-refractivity contribution < 1.29 is 4.79 Å². The Labute approximate surface area is 124 Å². The van der Waals surface area contributed by atoms with Crippen molar-refractivity contribution in [1.29, 1.82) is 0 Å². The summed E-state index contributed by atoms with van der Waals surface area (Å²) in [5, 5.41) is 0.540. The van der Waals surface area contributed by atoms with Crippen molar-refractivity contribution in [1.82, 2.24) is 9.88 Å². The summed E-state index contributed by atoms with van der Waals surface area (Å²) in [6.45, 7) is 2.14. The van der Waals surface area contributed by atoms with Crippen LogP contribution in [-0.4, -0.2) is 35.4 Å². The lowest BCUT2D eigenvalue weighted by atomic mass is 10.1. The second-order valence-corrected chi connectivity index (χ2v) is 4.44. The summed E-state index contributed by atoms with van der Waals surface area (Å²) >= 11 is 5.72. The van der Waals surface area contributed by atoms with Crippen LogP contribution in [0.3, 0.4) is 0 Å². The predicted molar refractivity (Wildman–Crippen MR) is 76.8 cm³/mol. The molecule has 0 saturated carbocycles. The van der Waals surface area contributed by atoms with Crippen molar-refractivity contribution in [3.8, 4) is 0 Å². The van der Waals surface area contributed by atoms with E-state index in [1.807, 2.05) is 0 Å². The first-order valence-corrected chi connectivity index (χ1v) is 5.69. The summed E-state index contributed by atoms with van der Waals surface area (Å²) in [6, 6.07) is 3.33. The molecule has 7 heteroatoms. The largest absolute Gasteiger partial charge is 0.337 e. The fourth-order valence-electron chi connectivity index (χ4n) is 1.87. The molecule has 4 nitrogen and oxygen atoms in total. The van der Waals surface area contributed by atoms with Crippen LogP contribution in [-0.2, 0) is 0 Å². The fourth-order valence-corrected chi connectivity index (χ4v) is 1.99. The Morgan fingerprint density at radius 1 is 1.50 bits per heavy atom. The van der Waals surface area contributed by atoms with E-state index in [-0.39, 0.29) is 30.7 Å². The van der Waals surface area contributed by atoms with Gasteiger partial charge in [0.25, 0.3) is 5.91 Å². The number of rotatable bonds is 2. The number of nitrogens with two attached hydrogens (primary N) is 1. The molecule has 1 aromatic rings. The normalized spacial score (nSPS) is 17.9. The number of hydrogen-bond donors (Lipinski definition) is 1. The van der Waals surface area contributed by atoms with Gasteiger partial charge in [-0.1, -0.05) is 11.6 Å². The number of carbonyl (C=O) groups is 1. The molecule has 18 heavy (non-hydrogen) atoms. The third-order valence-corrected chi connectivity index (χ3v) is 3.08. The summed E-state index contributed by atoms with van der Waals surface area (Å²) < 4.78 is 0. The van der Waals surface area contributed by atoms with E-state index in [4.69, 9.17) is 17.3 Å².